The zero-order chi connectivity index (χ0) is 14.9. The fourth-order valence-electron chi connectivity index (χ4n) is 2.61. The summed E-state index contributed by atoms with van der Waals surface area (Å²) in [6, 6.07) is 5.35. The van der Waals surface area contributed by atoms with E-state index in [2.05, 4.69) is 0 Å². The van der Waals surface area contributed by atoms with Crippen molar-refractivity contribution in [1.29, 1.82) is 0 Å². The zero-order valence-corrected chi connectivity index (χ0v) is 13.5. The summed E-state index contributed by atoms with van der Waals surface area (Å²) in [5.41, 5.74) is 6.81. The molecular formula is C13H18Cl2N2O2S. The van der Waals surface area contributed by atoms with E-state index in [0.717, 1.165) is 5.56 Å². The molecule has 20 heavy (non-hydrogen) atoms. The topological polar surface area (TPSA) is 63.4 Å². The second kappa shape index (κ2) is 6.20. The number of hydrogen-bond donors (Lipinski definition) is 1. The Kier molecular flexibility index (Phi) is 4.97. The van der Waals surface area contributed by atoms with Crippen molar-refractivity contribution in [3.8, 4) is 0 Å². The Balaban J connectivity index is 2.21. The lowest BCUT2D eigenvalue weighted by Gasteiger charge is -2.32. The van der Waals surface area contributed by atoms with Crippen molar-refractivity contribution >= 4 is 33.0 Å². The van der Waals surface area contributed by atoms with Gasteiger partial charge in [0.2, 0.25) is 0 Å². The average Bonchev–Trinajstić information content (AvgIpc) is 2.75. The van der Waals surface area contributed by atoms with E-state index in [-0.39, 0.29) is 23.6 Å². The SMILES string of the molecule is CN(C1CCS(=O)(=O)C1)C(CN)c1ccc(Cl)c(Cl)c1. The Morgan fingerprint density at radius 1 is 1.40 bits per heavy atom. The summed E-state index contributed by atoms with van der Waals surface area (Å²) in [5, 5.41) is 0.979. The van der Waals surface area contributed by atoms with Crippen LogP contribution in [-0.4, -0.2) is 44.5 Å². The third kappa shape index (κ3) is 3.46. The van der Waals surface area contributed by atoms with E-state index < -0.39 is 9.84 Å². The van der Waals surface area contributed by atoms with Crippen LogP contribution in [0.1, 0.15) is 18.0 Å². The molecule has 1 aliphatic rings. The first-order valence-electron chi connectivity index (χ1n) is 6.41. The van der Waals surface area contributed by atoms with Crippen LogP contribution in [0.5, 0.6) is 0 Å². The van der Waals surface area contributed by atoms with Gasteiger partial charge in [-0.15, -0.1) is 0 Å². The van der Waals surface area contributed by atoms with Crippen LogP contribution in [0.25, 0.3) is 0 Å². The first-order valence-corrected chi connectivity index (χ1v) is 8.99. The average molecular weight is 337 g/mol. The molecule has 1 fully saturated rings. The molecule has 2 atom stereocenters. The van der Waals surface area contributed by atoms with Crippen LogP contribution in [0.3, 0.4) is 0 Å². The molecule has 1 aliphatic heterocycles. The third-order valence-electron chi connectivity index (χ3n) is 3.83. The first-order chi connectivity index (χ1) is 9.34. The Morgan fingerprint density at radius 3 is 2.60 bits per heavy atom. The van der Waals surface area contributed by atoms with Crippen molar-refractivity contribution in [2.24, 2.45) is 5.73 Å². The molecule has 7 heteroatoms. The molecule has 2 N–H and O–H groups in total. The molecule has 1 heterocycles. The predicted molar refractivity (Wildman–Crippen MR) is 83.1 cm³/mol. The number of likely N-dealkylation sites (N-methyl/N-ethyl adjacent to an activating group) is 1. The van der Waals surface area contributed by atoms with Crippen LogP contribution in [0.4, 0.5) is 0 Å². The fraction of sp³-hybridized carbons (Fsp3) is 0.538. The van der Waals surface area contributed by atoms with Crippen LogP contribution in [-0.2, 0) is 9.84 Å². The third-order valence-corrected chi connectivity index (χ3v) is 6.32. The zero-order valence-electron chi connectivity index (χ0n) is 11.2. The van der Waals surface area contributed by atoms with Gasteiger partial charge < -0.3 is 5.73 Å². The Labute approximate surface area is 129 Å². The van der Waals surface area contributed by atoms with Gasteiger partial charge in [0.15, 0.2) is 9.84 Å². The summed E-state index contributed by atoms with van der Waals surface area (Å²) >= 11 is 12.0. The molecule has 0 saturated carbocycles. The molecule has 4 nitrogen and oxygen atoms in total. The number of nitrogens with two attached hydrogens (primary N) is 1. The minimum Gasteiger partial charge on any atom is -0.329 e. The van der Waals surface area contributed by atoms with Gasteiger partial charge in [-0.3, -0.25) is 4.90 Å². The predicted octanol–water partition coefficient (Wildman–Crippen LogP) is 2.11. The summed E-state index contributed by atoms with van der Waals surface area (Å²) in [4.78, 5) is 2.03. The van der Waals surface area contributed by atoms with Crippen LogP contribution in [0.15, 0.2) is 18.2 Å². The molecule has 0 aliphatic carbocycles. The molecule has 1 aromatic carbocycles. The first kappa shape index (κ1) is 16.0. The molecule has 2 rings (SSSR count). The summed E-state index contributed by atoms with van der Waals surface area (Å²) in [6.07, 6.45) is 0.649. The van der Waals surface area contributed by atoms with Gasteiger partial charge in [0.05, 0.1) is 21.6 Å². The maximum atomic E-state index is 11.6. The molecule has 0 bridgehead atoms. The van der Waals surface area contributed by atoms with Crippen LogP contribution < -0.4 is 5.73 Å². The van der Waals surface area contributed by atoms with Gasteiger partial charge in [0.1, 0.15) is 0 Å². The summed E-state index contributed by atoms with van der Waals surface area (Å²) < 4.78 is 23.2. The number of hydrogen-bond acceptors (Lipinski definition) is 4. The van der Waals surface area contributed by atoms with E-state index in [9.17, 15) is 8.42 Å². The smallest absolute Gasteiger partial charge is 0.151 e. The minimum absolute atomic E-state index is 0.00278. The van der Waals surface area contributed by atoms with Gasteiger partial charge in [-0.05, 0) is 31.2 Å². The Bertz CT molecular complexity index is 592. The van der Waals surface area contributed by atoms with Gasteiger partial charge >= 0.3 is 0 Å². The molecule has 2 unspecified atom stereocenters. The normalized spacial score (nSPS) is 23.1. The van der Waals surface area contributed by atoms with Gasteiger partial charge in [0.25, 0.3) is 0 Å². The van der Waals surface area contributed by atoms with E-state index >= 15 is 0 Å². The molecule has 1 saturated heterocycles. The summed E-state index contributed by atoms with van der Waals surface area (Å²) in [5.74, 6) is 0.446. The van der Waals surface area contributed by atoms with E-state index in [0.29, 0.717) is 23.0 Å². The minimum atomic E-state index is -2.91. The molecule has 1 aromatic rings. The molecular weight excluding hydrogens is 319 g/mol. The number of rotatable bonds is 4. The van der Waals surface area contributed by atoms with E-state index in [1.54, 1.807) is 12.1 Å². The number of nitrogens with zero attached hydrogens (tertiary/aromatic N) is 1. The van der Waals surface area contributed by atoms with Crippen molar-refractivity contribution in [2.45, 2.75) is 18.5 Å². The summed E-state index contributed by atoms with van der Waals surface area (Å²) in [6.45, 7) is 0.394. The van der Waals surface area contributed by atoms with Crippen LogP contribution in [0.2, 0.25) is 10.0 Å². The molecule has 0 amide bonds. The van der Waals surface area contributed by atoms with Gasteiger partial charge in [0, 0.05) is 18.6 Å². The quantitative estimate of drug-likeness (QED) is 0.914. The highest BCUT2D eigenvalue weighted by atomic mass is 35.5. The monoisotopic (exact) mass is 336 g/mol. The lowest BCUT2D eigenvalue weighted by Crippen LogP contribution is -2.39. The van der Waals surface area contributed by atoms with E-state index in [1.165, 1.54) is 0 Å². The van der Waals surface area contributed by atoms with Crippen LogP contribution >= 0.6 is 23.2 Å². The second-order valence-corrected chi connectivity index (χ2v) is 8.19. The number of benzene rings is 1. The van der Waals surface area contributed by atoms with E-state index in [1.807, 2.05) is 18.0 Å². The highest BCUT2D eigenvalue weighted by Crippen LogP contribution is 2.30. The van der Waals surface area contributed by atoms with Crippen molar-refractivity contribution in [3.63, 3.8) is 0 Å². The maximum absolute atomic E-state index is 11.6. The van der Waals surface area contributed by atoms with Crippen molar-refractivity contribution in [2.75, 3.05) is 25.1 Å². The van der Waals surface area contributed by atoms with Gasteiger partial charge in [-0.2, -0.15) is 0 Å². The lowest BCUT2D eigenvalue weighted by atomic mass is 10.0. The summed E-state index contributed by atoms with van der Waals surface area (Å²) in [7, 11) is -1.00. The number of halogens is 2. The second-order valence-electron chi connectivity index (χ2n) is 5.15. The highest BCUT2D eigenvalue weighted by Gasteiger charge is 2.33. The maximum Gasteiger partial charge on any atom is 0.151 e. The lowest BCUT2D eigenvalue weighted by molar-refractivity contribution is 0.192. The largest absolute Gasteiger partial charge is 0.329 e. The fourth-order valence-corrected chi connectivity index (χ4v) is 4.70. The number of sulfone groups is 1. The molecule has 112 valence electrons. The Hall–Kier alpha value is -0.330. The molecule has 0 spiro atoms. The Morgan fingerprint density at radius 2 is 2.10 bits per heavy atom. The highest BCUT2D eigenvalue weighted by molar-refractivity contribution is 7.91. The van der Waals surface area contributed by atoms with Crippen LogP contribution in [0, 0.1) is 0 Å². The van der Waals surface area contributed by atoms with Crippen molar-refractivity contribution in [1.82, 2.24) is 4.90 Å². The van der Waals surface area contributed by atoms with Crippen molar-refractivity contribution in [3.05, 3.63) is 33.8 Å². The van der Waals surface area contributed by atoms with Gasteiger partial charge in [-0.25, -0.2) is 8.42 Å². The van der Waals surface area contributed by atoms with E-state index in [4.69, 9.17) is 28.9 Å². The van der Waals surface area contributed by atoms with Gasteiger partial charge in [-0.1, -0.05) is 29.3 Å². The van der Waals surface area contributed by atoms with Crippen molar-refractivity contribution < 1.29 is 8.42 Å². The standard InChI is InChI=1S/C13H18Cl2N2O2S/c1-17(10-4-5-20(18,19)8-10)13(7-16)9-2-3-11(14)12(15)6-9/h2-3,6,10,13H,4-5,7-8,16H2,1H3. The molecule has 0 aromatic heterocycles. The molecule has 0 radical (unpaired) electrons.